The Morgan fingerprint density at radius 1 is 1.12 bits per heavy atom. The zero-order chi connectivity index (χ0) is 24.3. The number of para-hydroxylation sites is 1. The summed E-state index contributed by atoms with van der Waals surface area (Å²) >= 11 is 12.5. The van der Waals surface area contributed by atoms with Crippen LogP contribution < -0.4 is 14.2 Å². The Balaban J connectivity index is 1.97. The summed E-state index contributed by atoms with van der Waals surface area (Å²) in [6.45, 7) is -1.41. The van der Waals surface area contributed by atoms with E-state index in [4.69, 9.17) is 27.9 Å². The highest BCUT2D eigenvalue weighted by atomic mass is 35.5. The molecule has 0 aliphatic rings. The molecule has 0 radical (unpaired) electrons. The minimum Gasteiger partial charge on any atom is -0.436 e. The highest BCUT2D eigenvalue weighted by molar-refractivity contribution is 7.89. The van der Waals surface area contributed by atoms with Crippen molar-refractivity contribution in [3.63, 3.8) is 0 Å². The molecule has 0 saturated carbocycles. The lowest BCUT2D eigenvalue weighted by Gasteiger charge is -2.14. The number of carbonyl (C=O) groups excluding carboxylic acids is 1. The smallest absolute Gasteiger partial charge is 0.387 e. The maximum Gasteiger partial charge on any atom is 0.387 e. The van der Waals surface area contributed by atoms with E-state index < -0.39 is 22.5 Å². The first-order chi connectivity index (χ1) is 15.4. The number of ether oxygens (including phenoxy) is 2. The summed E-state index contributed by atoms with van der Waals surface area (Å²) in [7, 11) is -3.85. The van der Waals surface area contributed by atoms with Crippen LogP contribution in [0.15, 0.2) is 48.7 Å². The maximum atomic E-state index is 13.0. The number of amides is 1. The zero-order valence-electron chi connectivity index (χ0n) is 17.1. The molecule has 1 aromatic heterocycles. The standard InChI is InChI=1S/C21H16Cl2F2N2O5S/c1-11-4-3-5-15(22)18(11)32-20-16(23)8-13(10-26-20)14-7-6-12(9-17(14)31-21(24)25)19(28)27-33(2,29)30/h3-10,21H,1-2H3,(H,27,28). The Hall–Kier alpha value is -2.95. The number of alkyl halides is 2. The van der Waals surface area contributed by atoms with Crippen molar-refractivity contribution in [3.8, 4) is 28.5 Å². The largest absolute Gasteiger partial charge is 0.436 e. The van der Waals surface area contributed by atoms with E-state index in [-0.39, 0.29) is 33.3 Å². The molecule has 0 aliphatic carbocycles. The number of carbonyl (C=O) groups is 1. The molecule has 1 amide bonds. The van der Waals surface area contributed by atoms with Crippen LogP contribution >= 0.6 is 23.2 Å². The number of rotatable bonds is 7. The van der Waals surface area contributed by atoms with Gasteiger partial charge in [-0.1, -0.05) is 35.3 Å². The number of aromatic nitrogens is 1. The number of nitrogens with zero attached hydrogens (tertiary/aromatic N) is 1. The first kappa shape index (κ1) is 24.7. The zero-order valence-corrected chi connectivity index (χ0v) is 19.4. The first-order valence-corrected chi connectivity index (χ1v) is 11.8. The predicted molar refractivity (Wildman–Crippen MR) is 120 cm³/mol. The molecular weight excluding hydrogens is 501 g/mol. The Morgan fingerprint density at radius 2 is 1.85 bits per heavy atom. The number of nitrogens with one attached hydrogen (secondary N) is 1. The summed E-state index contributed by atoms with van der Waals surface area (Å²) in [4.78, 5) is 16.2. The fraction of sp³-hybridized carbons (Fsp3) is 0.143. The van der Waals surface area contributed by atoms with Crippen molar-refractivity contribution in [2.45, 2.75) is 13.5 Å². The number of pyridine rings is 1. The number of sulfonamides is 1. The van der Waals surface area contributed by atoms with Crippen LogP contribution in [-0.2, 0) is 10.0 Å². The van der Waals surface area contributed by atoms with E-state index >= 15 is 0 Å². The van der Waals surface area contributed by atoms with Crippen molar-refractivity contribution in [2.24, 2.45) is 0 Å². The molecule has 0 unspecified atom stereocenters. The fourth-order valence-electron chi connectivity index (χ4n) is 2.81. The molecule has 0 saturated heterocycles. The lowest BCUT2D eigenvalue weighted by atomic mass is 10.0. The van der Waals surface area contributed by atoms with Gasteiger partial charge in [0, 0.05) is 22.9 Å². The van der Waals surface area contributed by atoms with Crippen LogP contribution in [0.2, 0.25) is 10.0 Å². The van der Waals surface area contributed by atoms with Crippen LogP contribution in [0.3, 0.4) is 0 Å². The lowest BCUT2D eigenvalue weighted by Crippen LogP contribution is -2.29. The topological polar surface area (TPSA) is 94.6 Å². The maximum absolute atomic E-state index is 13.0. The summed E-state index contributed by atoms with van der Waals surface area (Å²) in [6.07, 6.45) is 2.11. The van der Waals surface area contributed by atoms with Crippen LogP contribution in [-0.4, -0.2) is 32.2 Å². The molecule has 3 rings (SSSR count). The third kappa shape index (κ3) is 6.31. The molecule has 33 heavy (non-hydrogen) atoms. The van der Waals surface area contributed by atoms with Gasteiger partial charge in [-0.15, -0.1) is 0 Å². The van der Waals surface area contributed by atoms with Gasteiger partial charge in [0.15, 0.2) is 5.75 Å². The molecule has 1 N–H and O–H groups in total. The predicted octanol–water partition coefficient (Wildman–Crippen LogP) is 5.45. The van der Waals surface area contributed by atoms with Gasteiger partial charge in [0.25, 0.3) is 5.91 Å². The van der Waals surface area contributed by atoms with Crippen molar-refractivity contribution in [1.29, 1.82) is 0 Å². The van der Waals surface area contributed by atoms with Crippen LogP contribution in [0.25, 0.3) is 11.1 Å². The number of hydrogen-bond donors (Lipinski definition) is 1. The van der Waals surface area contributed by atoms with Gasteiger partial charge in [-0.25, -0.2) is 18.1 Å². The highest BCUT2D eigenvalue weighted by Gasteiger charge is 2.19. The fourth-order valence-corrected chi connectivity index (χ4v) is 3.73. The summed E-state index contributed by atoms with van der Waals surface area (Å²) in [5, 5.41) is 0.418. The van der Waals surface area contributed by atoms with E-state index in [1.165, 1.54) is 24.4 Å². The lowest BCUT2D eigenvalue weighted by molar-refractivity contribution is -0.0495. The van der Waals surface area contributed by atoms with Gasteiger partial charge in [-0.3, -0.25) is 4.79 Å². The van der Waals surface area contributed by atoms with Gasteiger partial charge in [-0.05, 0) is 42.8 Å². The summed E-state index contributed by atoms with van der Waals surface area (Å²) in [5.41, 5.74) is 0.975. The summed E-state index contributed by atoms with van der Waals surface area (Å²) < 4.78 is 60.5. The van der Waals surface area contributed by atoms with E-state index in [0.29, 0.717) is 10.8 Å². The molecule has 1 heterocycles. The Labute approximate surface area is 198 Å². The molecule has 0 aliphatic heterocycles. The van der Waals surface area contributed by atoms with Crippen molar-refractivity contribution in [3.05, 3.63) is 69.8 Å². The molecule has 12 heteroatoms. The first-order valence-electron chi connectivity index (χ1n) is 9.14. The second kappa shape index (κ2) is 9.90. The Morgan fingerprint density at radius 3 is 2.45 bits per heavy atom. The average Bonchev–Trinajstić information content (AvgIpc) is 2.70. The van der Waals surface area contributed by atoms with Crippen LogP contribution in [0, 0.1) is 6.92 Å². The van der Waals surface area contributed by atoms with E-state index in [1.807, 2.05) is 0 Å². The van der Waals surface area contributed by atoms with Crippen LogP contribution in [0.4, 0.5) is 8.78 Å². The number of hydrogen-bond acceptors (Lipinski definition) is 6. The van der Waals surface area contributed by atoms with Gasteiger partial charge in [0.1, 0.15) is 10.8 Å². The minimum absolute atomic E-state index is 0.0390. The second-order valence-electron chi connectivity index (χ2n) is 6.79. The van der Waals surface area contributed by atoms with Crippen molar-refractivity contribution >= 4 is 39.1 Å². The minimum atomic E-state index is -3.85. The van der Waals surface area contributed by atoms with Crippen molar-refractivity contribution in [1.82, 2.24) is 9.71 Å². The van der Waals surface area contributed by atoms with Crippen molar-refractivity contribution < 1.29 is 31.5 Å². The number of halogens is 4. The molecule has 0 spiro atoms. The molecule has 0 atom stereocenters. The molecule has 2 aromatic carbocycles. The monoisotopic (exact) mass is 516 g/mol. The molecule has 0 fully saturated rings. The third-order valence-electron chi connectivity index (χ3n) is 4.22. The van der Waals surface area contributed by atoms with Gasteiger partial charge in [-0.2, -0.15) is 8.78 Å². The second-order valence-corrected chi connectivity index (χ2v) is 9.35. The Bertz CT molecular complexity index is 1300. The summed E-state index contributed by atoms with van der Waals surface area (Å²) in [5.74, 6) is -0.973. The normalized spacial score (nSPS) is 11.4. The van der Waals surface area contributed by atoms with Gasteiger partial charge < -0.3 is 9.47 Å². The number of benzene rings is 2. The molecule has 0 bridgehead atoms. The quantitative estimate of drug-likeness (QED) is 0.448. The van der Waals surface area contributed by atoms with Gasteiger partial charge in [0.2, 0.25) is 15.9 Å². The van der Waals surface area contributed by atoms with E-state index in [0.717, 1.165) is 17.9 Å². The molecule has 3 aromatic rings. The van der Waals surface area contributed by atoms with Crippen molar-refractivity contribution in [2.75, 3.05) is 6.26 Å². The SMILES string of the molecule is Cc1cccc(Cl)c1Oc1ncc(-c2ccc(C(=O)NS(C)(=O)=O)cc2OC(F)F)cc1Cl. The summed E-state index contributed by atoms with van der Waals surface area (Å²) in [6, 6.07) is 10.2. The van der Waals surface area contributed by atoms with E-state index in [9.17, 15) is 22.0 Å². The number of aryl methyl sites for hydroxylation is 1. The third-order valence-corrected chi connectivity index (χ3v) is 5.34. The highest BCUT2D eigenvalue weighted by Crippen LogP contribution is 2.38. The van der Waals surface area contributed by atoms with Gasteiger partial charge >= 0.3 is 6.61 Å². The Kier molecular flexibility index (Phi) is 7.41. The van der Waals surface area contributed by atoms with Crippen LogP contribution in [0.5, 0.6) is 17.4 Å². The average molecular weight is 517 g/mol. The molecule has 7 nitrogen and oxygen atoms in total. The van der Waals surface area contributed by atoms with Crippen LogP contribution in [0.1, 0.15) is 15.9 Å². The van der Waals surface area contributed by atoms with E-state index in [1.54, 1.807) is 29.8 Å². The molecule has 174 valence electrons. The van der Waals surface area contributed by atoms with E-state index in [2.05, 4.69) is 9.72 Å². The van der Waals surface area contributed by atoms with Gasteiger partial charge in [0.05, 0.1) is 11.3 Å². The molecular formula is C21H16Cl2F2N2O5S.